The van der Waals surface area contributed by atoms with Gasteiger partial charge in [0, 0.05) is 53.4 Å². The maximum absolute atomic E-state index is 13.4. The lowest BCUT2D eigenvalue weighted by atomic mass is 9.93. The molecule has 2 aromatic heterocycles. The van der Waals surface area contributed by atoms with Crippen LogP contribution in [0.25, 0.3) is 0 Å². The largest absolute Gasteiger partial charge is 0.332 e. The summed E-state index contributed by atoms with van der Waals surface area (Å²) in [6, 6.07) is 7.61. The average molecular weight is 533 g/mol. The molecule has 0 bridgehead atoms. The Balaban J connectivity index is 1.14. The molecule has 1 saturated heterocycles. The van der Waals surface area contributed by atoms with E-state index in [0.717, 1.165) is 61.3 Å². The molecule has 0 saturated carbocycles. The van der Waals surface area contributed by atoms with E-state index in [1.165, 1.54) is 16.4 Å². The second kappa shape index (κ2) is 10.3. The quantitative estimate of drug-likeness (QED) is 0.518. The Kier molecular flexibility index (Phi) is 6.71. The lowest BCUT2D eigenvalue weighted by Crippen LogP contribution is -2.32. The lowest BCUT2D eigenvalue weighted by Gasteiger charge is -2.27. The first-order valence-corrected chi connectivity index (χ1v) is 14.2. The molecule has 1 aliphatic carbocycles. The number of allylic oxidation sites excluding steroid dienone is 2. The number of amides is 2. The van der Waals surface area contributed by atoms with Gasteiger partial charge in [-0.3, -0.25) is 14.9 Å². The fraction of sp³-hybridized carbons (Fsp3) is 0.370. The van der Waals surface area contributed by atoms with Crippen molar-refractivity contribution in [3.8, 4) is 0 Å². The Morgan fingerprint density at radius 3 is 2.95 bits per heavy atom. The van der Waals surface area contributed by atoms with Crippen LogP contribution in [0.2, 0.25) is 0 Å². The summed E-state index contributed by atoms with van der Waals surface area (Å²) < 4.78 is 3.95. The van der Waals surface area contributed by atoms with Crippen LogP contribution in [-0.4, -0.2) is 56.3 Å². The molecule has 3 aliphatic rings. The number of nitrogens with one attached hydrogen (secondary N) is 1. The molecule has 2 amide bonds. The van der Waals surface area contributed by atoms with Crippen LogP contribution >= 0.6 is 22.9 Å². The Labute approximate surface area is 223 Å². The molecular formula is C27H28N6O2S2. The number of anilines is 1. The van der Waals surface area contributed by atoms with Gasteiger partial charge in [-0.2, -0.15) is 0 Å². The third kappa shape index (κ3) is 5.01. The molecule has 1 fully saturated rings. The minimum atomic E-state index is -0.169. The van der Waals surface area contributed by atoms with Crippen LogP contribution in [0.1, 0.15) is 63.4 Å². The summed E-state index contributed by atoms with van der Waals surface area (Å²) >= 11 is 2.90. The number of aromatic nitrogens is 3. The van der Waals surface area contributed by atoms with Gasteiger partial charge in [-0.1, -0.05) is 34.8 Å². The minimum Gasteiger partial charge on any atom is -0.332 e. The Morgan fingerprint density at radius 1 is 1.22 bits per heavy atom. The van der Waals surface area contributed by atoms with E-state index in [-0.39, 0.29) is 23.8 Å². The number of carbonyl (C=O) groups excluding carboxylic acids is 2. The van der Waals surface area contributed by atoms with Gasteiger partial charge in [-0.15, -0.1) is 16.4 Å². The Bertz CT molecular complexity index is 1380. The summed E-state index contributed by atoms with van der Waals surface area (Å²) in [5.41, 5.74) is 4.33. The highest BCUT2D eigenvalue weighted by atomic mass is 32.1. The van der Waals surface area contributed by atoms with Crippen LogP contribution in [0.15, 0.2) is 53.4 Å². The molecule has 2 atom stereocenters. The summed E-state index contributed by atoms with van der Waals surface area (Å²) in [5, 5.41) is 9.76. The fourth-order valence-corrected chi connectivity index (χ4v) is 6.89. The van der Waals surface area contributed by atoms with Gasteiger partial charge in [-0.25, -0.2) is 4.98 Å². The first-order chi connectivity index (χ1) is 18.0. The smallest absolute Gasteiger partial charge is 0.257 e. The Morgan fingerprint density at radius 2 is 2.14 bits per heavy atom. The van der Waals surface area contributed by atoms with Gasteiger partial charge in [0.2, 0.25) is 0 Å². The number of fused-ring (bicyclic) bond motifs is 1. The highest BCUT2D eigenvalue weighted by Crippen LogP contribution is 2.35. The van der Waals surface area contributed by atoms with Crippen molar-refractivity contribution < 1.29 is 9.59 Å². The summed E-state index contributed by atoms with van der Waals surface area (Å²) in [6.45, 7) is 2.57. The van der Waals surface area contributed by atoms with E-state index in [4.69, 9.17) is 0 Å². The summed E-state index contributed by atoms with van der Waals surface area (Å²) in [4.78, 5) is 36.6. The number of hydrogen-bond donors (Lipinski definition) is 1. The number of nitrogens with zero attached hydrogens (tertiary/aromatic N) is 5. The lowest BCUT2D eigenvalue weighted by molar-refractivity contribution is -0.127. The van der Waals surface area contributed by atoms with Crippen molar-refractivity contribution >= 4 is 39.8 Å². The SMILES string of the molecule is CN1CCc2nc(NC(=O)c3cccc([C@H]4CCCN4C(=O)C4=CCC(c5csnn5)C=C4)c3)sc2C1. The molecule has 37 heavy (non-hydrogen) atoms. The zero-order valence-electron chi connectivity index (χ0n) is 20.6. The number of rotatable bonds is 5. The van der Waals surface area contributed by atoms with Crippen molar-refractivity contribution in [2.75, 3.05) is 25.5 Å². The molecule has 0 spiro atoms. The van der Waals surface area contributed by atoms with Gasteiger partial charge in [-0.05, 0) is 55.5 Å². The van der Waals surface area contributed by atoms with E-state index in [1.54, 1.807) is 11.3 Å². The monoisotopic (exact) mass is 532 g/mol. The van der Waals surface area contributed by atoms with Crippen molar-refractivity contribution in [2.45, 2.75) is 44.2 Å². The molecule has 4 heterocycles. The van der Waals surface area contributed by atoms with E-state index in [9.17, 15) is 9.59 Å². The summed E-state index contributed by atoms with van der Waals surface area (Å²) in [6.07, 6.45) is 9.46. The molecule has 6 rings (SSSR count). The van der Waals surface area contributed by atoms with E-state index in [1.807, 2.05) is 46.7 Å². The highest BCUT2D eigenvalue weighted by Gasteiger charge is 2.32. The first-order valence-electron chi connectivity index (χ1n) is 12.6. The number of thiazole rings is 1. The molecule has 190 valence electrons. The van der Waals surface area contributed by atoms with Gasteiger partial charge in [0.15, 0.2) is 5.13 Å². The van der Waals surface area contributed by atoms with Crippen molar-refractivity contribution in [1.82, 2.24) is 24.4 Å². The normalized spacial score (nSPS) is 21.5. The molecular weight excluding hydrogens is 504 g/mol. The van der Waals surface area contributed by atoms with E-state index < -0.39 is 0 Å². The number of benzene rings is 1. The van der Waals surface area contributed by atoms with Crippen LogP contribution in [0.5, 0.6) is 0 Å². The third-order valence-electron chi connectivity index (χ3n) is 7.29. The zero-order chi connectivity index (χ0) is 25.4. The van der Waals surface area contributed by atoms with E-state index >= 15 is 0 Å². The second-order valence-electron chi connectivity index (χ2n) is 9.80. The summed E-state index contributed by atoms with van der Waals surface area (Å²) in [5.74, 6) is 0.0450. The number of likely N-dealkylation sites (N-methyl/N-ethyl adjacent to an activating group) is 1. The van der Waals surface area contributed by atoms with E-state index in [0.29, 0.717) is 17.2 Å². The van der Waals surface area contributed by atoms with E-state index in [2.05, 4.69) is 37.9 Å². The molecule has 8 nitrogen and oxygen atoms in total. The minimum absolute atomic E-state index is 0.0433. The zero-order valence-corrected chi connectivity index (χ0v) is 22.2. The predicted octanol–water partition coefficient (Wildman–Crippen LogP) is 4.57. The van der Waals surface area contributed by atoms with Crippen molar-refractivity contribution in [3.63, 3.8) is 0 Å². The second-order valence-corrected chi connectivity index (χ2v) is 11.5. The van der Waals surface area contributed by atoms with Crippen molar-refractivity contribution in [2.24, 2.45) is 0 Å². The molecule has 0 radical (unpaired) electrons. The van der Waals surface area contributed by atoms with Crippen molar-refractivity contribution in [3.05, 3.63) is 80.8 Å². The fourth-order valence-electron chi connectivity index (χ4n) is 5.29. The maximum atomic E-state index is 13.4. The average Bonchev–Trinajstić information content (AvgIpc) is 3.69. The number of likely N-dealkylation sites (tertiary alicyclic amines) is 1. The highest BCUT2D eigenvalue weighted by molar-refractivity contribution is 7.15. The molecule has 1 unspecified atom stereocenters. The van der Waals surface area contributed by atoms with Gasteiger partial charge in [0.05, 0.1) is 17.4 Å². The van der Waals surface area contributed by atoms with Crippen LogP contribution in [-0.2, 0) is 17.8 Å². The maximum Gasteiger partial charge on any atom is 0.257 e. The molecule has 1 N–H and O–H groups in total. The van der Waals surface area contributed by atoms with Crippen LogP contribution < -0.4 is 5.32 Å². The number of hydrogen-bond acceptors (Lipinski definition) is 8. The van der Waals surface area contributed by atoms with Gasteiger partial charge >= 0.3 is 0 Å². The molecule has 2 aliphatic heterocycles. The van der Waals surface area contributed by atoms with Crippen LogP contribution in [0.4, 0.5) is 5.13 Å². The molecule has 1 aromatic carbocycles. The first kappa shape index (κ1) is 24.1. The predicted molar refractivity (Wildman–Crippen MR) is 145 cm³/mol. The number of carbonyl (C=O) groups is 2. The van der Waals surface area contributed by atoms with Gasteiger partial charge in [0.1, 0.15) is 0 Å². The third-order valence-corrected chi connectivity index (χ3v) is 8.81. The van der Waals surface area contributed by atoms with Gasteiger partial charge < -0.3 is 9.80 Å². The topological polar surface area (TPSA) is 91.3 Å². The van der Waals surface area contributed by atoms with Gasteiger partial charge in [0.25, 0.3) is 11.8 Å². The van der Waals surface area contributed by atoms with Crippen LogP contribution in [0.3, 0.4) is 0 Å². The summed E-state index contributed by atoms with van der Waals surface area (Å²) in [7, 11) is 2.10. The standard InChI is InChI=1S/C27H28N6O2S2/c1-32-13-11-21-24(15-32)37-27(28-21)29-25(34)20-5-2-4-19(14-20)23-6-3-12-33(23)26(35)18-9-7-17(8-10-18)22-16-36-31-30-22/h2,4-5,7,9-10,14,16-17,23H,3,6,8,11-13,15H2,1H3,(H,28,29,34)/t17?,23-/m1/s1. The molecule has 3 aromatic rings. The molecule has 10 heteroatoms. The van der Waals surface area contributed by atoms with Crippen LogP contribution in [0, 0.1) is 0 Å². The van der Waals surface area contributed by atoms with Crippen molar-refractivity contribution in [1.29, 1.82) is 0 Å². The Hall–Kier alpha value is -3.21.